The fourth-order valence-corrected chi connectivity index (χ4v) is 3.09. The van der Waals surface area contributed by atoms with Crippen LogP contribution in [0, 0.1) is 10.1 Å². The highest BCUT2D eigenvalue weighted by Crippen LogP contribution is 2.33. The van der Waals surface area contributed by atoms with E-state index in [4.69, 9.17) is 9.15 Å². The van der Waals surface area contributed by atoms with Gasteiger partial charge in [0.2, 0.25) is 0 Å². The lowest BCUT2D eigenvalue weighted by molar-refractivity contribution is -0.385. The molecule has 146 valence electrons. The molecule has 0 aliphatic rings. The molecule has 0 aliphatic carbocycles. The minimum atomic E-state index is -4.14. The van der Waals surface area contributed by atoms with Crippen LogP contribution >= 0.6 is 0 Å². The van der Waals surface area contributed by atoms with Crippen molar-refractivity contribution in [3.05, 3.63) is 56.6 Å². The number of nitrogens with zero attached hydrogens (tertiary/aromatic N) is 2. The van der Waals surface area contributed by atoms with Crippen molar-refractivity contribution < 1.29 is 27.6 Å². The Morgan fingerprint density at radius 2 is 2.11 bits per heavy atom. The number of H-pyrrole nitrogens is 1. The van der Waals surface area contributed by atoms with Crippen molar-refractivity contribution >= 4 is 33.0 Å². The van der Waals surface area contributed by atoms with Crippen LogP contribution in [0.15, 0.2) is 49.5 Å². The molecule has 0 unspecified atom stereocenters. The van der Waals surface area contributed by atoms with Gasteiger partial charge in [-0.25, -0.2) is 9.63 Å². The van der Waals surface area contributed by atoms with Crippen molar-refractivity contribution in [3.8, 4) is 11.5 Å². The molecule has 3 rings (SSSR count). The number of nitrogens with one attached hydrogen (secondary N) is 2. The SMILES string of the molecule is COc1cc([N+](=O)[O-])cc(/C=N/NS(=O)(=O)c2ccc3[nH]c(=O)oc3c2)c1O. The highest BCUT2D eigenvalue weighted by molar-refractivity contribution is 7.89. The number of nitro benzene ring substituents is 1. The summed E-state index contributed by atoms with van der Waals surface area (Å²) < 4.78 is 34.3. The molecule has 13 heteroatoms. The number of rotatable bonds is 6. The fraction of sp³-hybridized carbons (Fsp3) is 0.0667. The summed E-state index contributed by atoms with van der Waals surface area (Å²) in [5.41, 5.74) is -0.160. The number of aromatic nitrogens is 1. The van der Waals surface area contributed by atoms with Gasteiger partial charge in [-0.1, -0.05) is 0 Å². The van der Waals surface area contributed by atoms with E-state index >= 15 is 0 Å². The number of hydrogen-bond acceptors (Lipinski definition) is 9. The molecule has 0 spiro atoms. The zero-order chi connectivity index (χ0) is 20.5. The van der Waals surface area contributed by atoms with Gasteiger partial charge in [-0.2, -0.15) is 13.5 Å². The summed E-state index contributed by atoms with van der Waals surface area (Å²) in [5, 5.41) is 24.4. The number of ether oxygens (including phenoxy) is 1. The van der Waals surface area contributed by atoms with Gasteiger partial charge in [0.1, 0.15) is 0 Å². The first-order valence-electron chi connectivity index (χ1n) is 7.44. The van der Waals surface area contributed by atoms with E-state index in [0.29, 0.717) is 5.52 Å². The molecule has 1 aromatic heterocycles. The Labute approximate surface area is 156 Å². The lowest BCUT2D eigenvalue weighted by Crippen LogP contribution is -2.18. The van der Waals surface area contributed by atoms with Gasteiger partial charge in [0.05, 0.1) is 34.7 Å². The third kappa shape index (κ3) is 3.64. The average Bonchev–Trinajstić information content (AvgIpc) is 3.01. The molecule has 0 amide bonds. The molecule has 3 aromatic rings. The van der Waals surface area contributed by atoms with Crippen LogP contribution in [0.2, 0.25) is 0 Å². The van der Waals surface area contributed by atoms with Crippen LogP contribution in [0.1, 0.15) is 5.56 Å². The molecule has 0 atom stereocenters. The molecule has 0 saturated heterocycles. The summed E-state index contributed by atoms with van der Waals surface area (Å²) in [6, 6.07) is 5.70. The number of hydrazone groups is 1. The van der Waals surface area contributed by atoms with Crippen LogP contribution in [0.4, 0.5) is 5.69 Å². The van der Waals surface area contributed by atoms with Crippen molar-refractivity contribution in [2.75, 3.05) is 7.11 Å². The minimum Gasteiger partial charge on any atom is -0.504 e. The zero-order valence-electron chi connectivity index (χ0n) is 14.1. The van der Waals surface area contributed by atoms with Crippen LogP contribution in [0.5, 0.6) is 11.5 Å². The topological polar surface area (TPSA) is 177 Å². The number of non-ortho nitro benzene ring substituents is 1. The van der Waals surface area contributed by atoms with Gasteiger partial charge in [0.15, 0.2) is 17.1 Å². The fourth-order valence-electron chi connectivity index (χ4n) is 2.28. The van der Waals surface area contributed by atoms with E-state index in [1.807, 2.05) is 4.83 Å². The van der Waals surface area contributed by atoms with Gasteiger partial charge in [-0.05, 0) is 12.1 Å². The Morgan fingerprint density at radius 1 is 1.36 bits per heavy atom. The maximum absolute atomic E-state index is 12.3. The van der Waals surface area contributed by atoms with Gasteiger partial charge in [-0.15, -0.1) is 0 Å². The third-order valence-corrected chi connectivity index (χ3v) is 4.82. The molecule has 0 aliphatic heterocycles. The predicted octanol–water partition coefficient (Wildman–Crippen LogP) is 1.06. The van der Waals surface area contributed by atoms with Crippen LogP contribution in [-0.4, -0.2) is 36.8 Å². The van der Waals surface area contributed by atoms with E-state index in [-0.39, 0.29) is 27.5 Å². The van der Waals surface area contributed by atoms with Gasteiger partial charge in [-0.3, -0.25) is 15.1 Å². The minimum absolute atomic E-state index is 0.0397. The molecule has 28 heavy (non-hydrogen) atoms. The number of phenolic OH excluding ortho intramolecular Hbond substituents is 1. The second kappa shape index (κ2) is 7.03. The van der Waals surface area contributed by atoms with Gasteiger partial charge in [0, 0.05) is 17.7 Å². The molecule has 0 fully saturated rings. The second-order valence-electron chi connectivity index (χ2n) is 5.37. The van der Waals surface area contributed by atoms with E-state index in [1.54, 1.807) is 0 Å². The zero-order valence-corrected chi connectivity index (χ0v) is 14.9. The summed E-state index contributed by atoms with van der Waals surface area (Å²) >= 11 is 0. The molecule has 3 N–H and O–H groups in total. The largest absolute Gasteiger partial charge is 0.504 e. The van der Waals surface area contributed by atoms with Crippen LogP contribution < -0.4 is 15.3 Å². The van der Waals surface area contributed by atoms with Crippen molar-refractivity contribution in [1.82, 2.24) is 9.82 Å². The third-order valence-electron chi connectivity index (χ3n) is 3.60. The summed E-state index contributed by atoms with van der Waals surface area (Å²) in [7, 11) is -2.93. The predicted molar refractivity (Wildman–Crippen MR) is 96.1 cm³/mol. The maximum atomic E-state index is 12.3. The van der Waals surface area contributed by atoms with Crippen molar-refractivity contribution in [2.24, 2.45) is 5.10 Å². The smallest absolute Gasteiger partial charge is 0.417 e. The van der Waals surface area contributed by atoms with Gasteiger partial charge in [0.25, 0.3) is 15.7 Å². The highest BCUT2D eigenvalue weighted by atomic mass is 32.2. The van der Waals surface area contributed by atoms with Crippen molar-refractivity contribution in [3.63, 3.8) is 0 Å². The first-order valence-corrected chi connectivity index (χ1v) is 8.93. The molecule has 0 bridgehead atoms. The van der Waals surface area contributed by atoms with E-state index in [0.717, 1.165) is 24.4 Å². The molecule has 0 saturated carbocycles. The number of sulfonamides is 1. The Balaban J connectivity index is 1.89. The normalized spacial score (nSPS) is 11.8. The second-order valence-corrected chi connectivity index (χ2v) is 7.03. The Morgan fingerprint density at radius 3 is 2.79 bits per heavy atom. The first-order chi connectivity index (χ1) is 13.2. The number of aromatic amines is 1. The van der Waals surface area contributed by atoms with E-state index in [1.165, 1.54) is 19.2 Å². The summed E-state index contributed by atoms with van der Waals surface area (Å²) in [5.74, 6) is -1.36. The summed E-state index contributed by atoms with van der Waals surface area (Å²) in [6.45, 7) is 0. The highest BCUT2D eigenvalue weighted by Gasteiger charge is 2.17. The van der Waals surface area contributed by atoms with E-state index < -0.39 is 26.5 Å². The standard InChI is InChI=1S/C15H12N4O8S/c1-26-13-5-9(19(22)23)4-8(14(13)20)7-16-18-28(24,25)10-2-3-11-12(6-10)27-15(21)17-11/h2-7,18,20H,1H3,(H,17,21)/b16-7+. The quantitative estimate of drug-likeness (QED) is 0.308. The average molecular weight is 408 g/mol. The van der Waals surface area contributed by atoms with Crippen molar-refractivity contribution in [2.45, 2.75) is 4.90 Å². The molecular weight excluding hydrogens is 396 g/mol. The van der Waals surface area contributed by atoms with Gasteiger partial charge >= 0.3 is 5.76 Å². The van der Waals surface area contributed by atoms with E-state index in [9.17, 15) is 28.4 Å². The number of oxazole rings is 1. The number of fused-ring (bicyclic) bond motifs is 1. The number of benzene rings is 2. The maximum Gasteiger partial charge on any atom is 0.417 e. The lowest BCUT2D eigenvalue weighted by atomic mass is 10.2. The Hall–Kier alpha value is -3.87. The lowest BCUT2D eigenvalue weighted by Gasteiger charge is -2.06. The summed E-state index contributed by atoms with van der Waals surface area (Å²) in [4.78, 5) is 25.4. The molecule has 2 aromatic carbocycles. The Bertz CT molecular complexity index is 1260. The first kappa shape index (κ1) is 18.9. The Kier molecular flexibility index (Phi) is 4.75. The number of hydrogen-bond donors (Lipinski definition) is 3. The van der Waals surface area contributed by atoms with Crippen LogP contribution in [-0.2, 0) is 10.0 Å². The van der Waals surface area contributed by atoms with E-state index in [2.05, 4.69) is 10.1 Å². The number of nitro groups is 1. The molecule has 12 nitrogen and oxygen atoms in total. The molecular formula is C15H12N4O8S. The van der Waals surface area contributed by atoms with Crippen LogP contribution in [0.3, 0.4) is 0 Å². The van der Waals surface area contributed by atoms with Gasteiger partial charge < -0.3 is 14.3 Å². The number of aromatic hydroxyl groups is 1. The molecule has 1 heterocycles. The summed E-state index contributed by atoms with van der Waals surface area (Å²) in [6.07, 6.45) is 0.886. The molecule has 0 radical (unpaired) electrons. The van der Waals surface area contributed by atoms with Crippen molar-refractivity contribution in [1.29, 1.82) is 0 Å². The van der Waals surface area contributed by atoms with Crippen LogP contribution in [0.25, 0.3) is 11.1 Å². The number of phenols is 1. The monoisotopic (exact) mass is 408 g/mol. The number of methoxy groups -OCH3 is 1.